The van der Waals surface area contributed by atoms with Crippen LogP contribution in [0.15, 0.2) is 30.6 Å². The van der Waals surface area contributed by atoms with Crippen LogP contribution < -0.4 is 10.2 Å². The van der Waals surface area contributed by atoms with Crippen molar-refractivity contribution in [3.05, 3.63) is 57.9 Å². The van der Waals surface area contributed by atoms with Crippen LogP contribution in [0.4, 0.5) is 5.69 Å². The number of amides is 2. The Morgan fingerprint density at radius 1 is 1.33 bits per heavy atom. The molecule has 1 atom stereocenters. The third-order valence-corrected chi connectivity index (χ3v) is 5.85. The van der Waals surface area contributed by atoms with Crippen LogP contribution in [0.2, 0.25) is 5.02 Å². The van der Waals surface area contributed by atoms with E-state index in [0.717, 1.165) is 41.6 Å². The highest BCUT2D eigenvalue weighted by atomic mass is 35.5. The summed E-state index contributed by atoms with van der Waals surface area (Å²) in [5.41, 5.74) is 3.99. The lowest BCUT2D eigenvalue weighted by atomic mass is 9.86. The van der Waals surface area contributed by atoms with E-state index < -0.39 is 5.54 Å². The number of hydrogen-bond acceptors (Lipinski definition) is 3. The number of carbonyl (C=O) groups excluding carboxylic acids is 2. The molecule has 0 saturated heterocycles. The van der Waals surface area contributed by atoms with Crippen LogP contribution in [-0.4, -0.2) is 16.8 Å². The maximum Gasteiger partial charge on any atom is 0.259 e. The fourth-order valence-electron chi connectivity index (χ4n) is 4.41. The van der Waals surface area contributed by atoms with E-state index in [0.29, 0.717) is 10.6 Å². The van der Waals surface area contributed by atoms with E-state index in [-0.39, 0.29) is 17.9 Å². The number of anilines is 1. The van der Waals surface area contributed by atoms with Crippen molar-refractivity contribution in [2.24, 2.45) is 0 Å². The first-order valence-corrected chi connectivity index (χ1v) is 9.57. The summed E-state index contributed by atoms with van der Waals surface area (Å²) in [5.74, 6) is -0.0959. The van der Waals surface area contributed by atoms with Crippen LogP contribution in [0.5, 0.6) is 0 Å². The number of nitrogens with one attached hydrogen (secondary N) is 1. The van der Waals surface area contributed by atoms with E-state index in [2.05, 4.69) is 10.3 Å². The molecule has 1 aliphatic heterocycles. The first-order valence-electron chi connectivity index (χ1n) is 9.19. The SMILES string of the molecule is CC(=O)NC1CCCc2c1cncc2N1C(=O)c2ccc(Cl)cc2C1(C)C. The van der Waals surface area contributed by atoms with E-state index >= 15 is 0 Å². The molecular formula is C21H22ClN3O2. The van der Waals surface area contributed by atoms with Gasteiger partial charge in [-0.3, -0.25) is 19.5 Å². The third kappa shape index (κ3) is 2.81. The maximum absolute atomic E-state index is 13.3. The van der Waals surface area contributed by atoms with Crippen molar-refractivity contribution in [2.75, 3.05) is 4.90 Å². The van der Waals surface area contributed by atoms with Gasteiger partial charge in [-0.25, -0.2) is 0 Å². The fourth-order valence-corrected chi connectivity index (χ4v) is 4.58. The number of nitrogens with zero attached hydrogens (tertiary/aromatic N) is 2. The zero-order valence-electron chi connectivity index (χ0n) is 15.7. The topological polar surface area (TPSA) is 62.3 Å². The van der Waals surface area contributed by atoms with Gasteiger partial charge in [-0.15, -0.1) is 0 Å². The molecule has 0 fully saturated rings. The molecule has 0 saturated carbocycles. The number of hydrogen-bond donors (Lipinski definition) is 1. The minimum atomic E-state index is -0.533. The predicted octanol–water partition coefficient (Wildman–Crippen LogP) is 4.14. The Hall–Kier alpha value is -2.40. The molecule has 2 aromatic rings. The summed E-state index contributed by atoms with van der Waals surface area (Å²) in [6, 6.07) is 5.36. The summed E-state index contributed by atoms with van der Waals surface area (Å²) in [7, 11) is 0. The van der Waals surface area contributed by atoms with Gasteiger partial charge in [-0.2, -0.15) is 0 Å². The number of carbonyl (C=O) groups is 2. The van der Waals surface area contributed by atoms with Crippen LogP contribution in [0, 0.1) is 0 Å². The number of rotatable bonds is 2. The zero-order chi connectivity index (χ0) is 19.3. The standard InChI is InChI=1S/C21H22ClN3O2/c1-12(26)24-18-6-4-5-14-16(18)10-23-11-19(14)25-20(27)15-8-7-13(22)9-17(15)21(25,2)3/h7-11,18H,4-6H2,1-3H3,(H,24,26). The van der Waals surface area contributed by atoms with Gasteiger partial charge in [0.1, 0.15) is 0 Å². The summed E-state index contributed by atoms with van der Waals surface area (Å²) in [5, 5.41) is 3.63. The number of benzene rings is 1. The van der Waals surface area contributed by atoms with Gasteiger partial charge in [-0.05, 0) is 68.0 Å². The van der Waals surface area contributed by atoms with Crippen molar-refractivity contribution in [3.63, 3.8) is 0 Å². The number of aromatic nitrogens is 1. The summed E-state index contributed by atoms with van der Waals surface area (Å²) in [6.07, 6.45) is 6.28. The Bertz CT molecular complexity index is 954. The van der Waals surface area contributed by atoms with E-state index in [1.165, 1.54) is 6.92 Å². The molecule has 0 spiro atoms. The molecule has 140 valence electrons. The molecule has 0 bridgehead atoms. The Morgan fingerprint density at radius 3 is 2.85 bits per heavy atom. The van der Waals surface area contributed by atoms with Crippen molar-refractivity contribution in [1.82, 2.24) is 10.3 Å². The molecule has 1 N–H and O–H groups in total. The first kappa shape index (κ1) is 18.0. The summed E-state index contributed by atoms with van der Waals surface area (Å²) in [4.78, 5) is 31.1. The van der Waals surface area contributed by atoms with Gasteiger partial charge >= 0.3 is 0 Å². The third-order valence-electron chi connectivity index (χ3n) is 5.61. The summed E-state index contributed by atoms with van der Waals surface area (Å²) >= 11 is 6.19. The van der Waals surface area contributed by atoms with Crippen LogP contribution in [0.3, 0.4) is 0 Å². The van der Waals surface area contributed by atoms with Crippen molar-refractivity contribution in [3.8, 4) is 0 Å². The average Bonchev–Trinajstić information content (AvgIpc) is 2.80. The molecule has 1 aliphatic carbocycles. The van der Waals surface area contributed by atoms with Crippen molar-refractivity contribution in [2.45, 2.75) is 51.6 Å². The highest BCUT2D eigenvalue weighted by Crippen LogP contribution is 2.45. The monoisotopic (exact) mass is 383 g/mol. The minimum Gasteiger partial charge on any atom is -0.349 e. The van der Waals surface area contributed by atoms with Crippen LogP contribution in [0.25, 0.3) is 0 Å². The van der Waals surface area contributed by atoms with Crippen molar-refractivity contribution in [1.29, 1.82) is 0 Å². The van der Waals surface area contributed by atoms with Gasteiger partial charge in [0.05, 0.1) is 23.5 Å². The molecule has 27 heavy (non-hydrogen) atoms. The van der Waals surface area contributed by atoms with Gasteiger partial charge in [0.25, 0.3) is 5.91 Å². The first-order chi connectivity index (χ1) is 12.8. The van der Waals surface area contributed by atoms with E-state index in [1.54, 1.807) is 18.3 Å². The largest absolute Gasteiger partial charge is 0.349 e. The molecule has 2 aliphatic rings. The lowest BCUT2D eigenvalue weighted by Gasteiger charge is -2.36. The molecule has 1 aromatic heterocycles. The second-order valence-corrected chi connectivity index (χ2v) is 8.20. The van der Waals surface area contributed by atoms with Crippen LogP contribution in [0.1, 0.15) is 66.7 Å². The van der Waals surface area contributed by atoms with Gasteiger partial charge in [0.15, 0.2) is 0 Å². The Kier molecular flexibility index (Phi) is 4.22. The number of fused-ring (bicyclic) bond motifs is 2. The Morgan fingerprint density at radius 2 is 2.11 bits per heavy atom. The second-order valence-electron chi connectivity index (χ2n) is 7.76. The highest BCUT2D eigenvalue weighted by Gasteiger charge is 2.45. The van der Waals surface area contributed by atoms with Crippen LogP contribution in [-0.2, 0) is 16.8 Å². The summed E-state index contributed by atoms with van der Waals surface area (Å²) in [6.45, 7) is 5.58. The molecule has 4 rings (SSSR count). The lowest BCUT2D eigenvalue weighted by molar-refractivity contribution is -0.119. The lowest BCUT2D eigenvalue weighted by Crippen LogP contribution is -2.40. The van der Waals surface area contributed by atoms with Gasteiger partial charge in [-0.1, -0.05) is 11.6 Å². The molecule has 0 radical (unpaired) electrons. The van der Waals surface area contributed by atoms with Crippen LogP contribution >= 0.6 is 11.6 Å². The maximum atomic E-state index is 13.3. The molecular weight excluding hydrogens is 362 g/mol. The Labute approximate surface area is 163 Å². The highest BCUT2D eigenvalue weighted by molar-refractivity contribution is 6.31. The zero-order valence-corrected chi connectivity index (χ0v) is 16.4. The summed E-state index contributed by atoms with van der Waals surface area (Å²) < 4.78 is 0. The molecule has 2 amide bonds. The molecule has 1 aromatic carbocycles. The number of halogens is 1. The quantitative estimate of drug-likeness (QED) is 0.847. The predicted molar refractivity (Wildman–Crippen MR) is 105 cm³/mol. The van der Waals surface area contributed by atoms with Crippen molar-refractivity contribution >= 4 is 29.1 Å². The van der Waals surface area contributed by atoms with Gasteiger partial charge < -0.3 is 5.32 Å². The molecule has 2 heterocycles. The van der Waals surface area contributed by atoms with Gasteiger partial charge in [0, 0.05) is 23.7 Å². The normalized spacial score (nSPS) is 20.2. The molecule has 6 heteroatoms. The average molecular weight is 384 g/mol. The van der Waals surface area contributed by atoms with Gasteiger partial charge in [0.2, 0.25) is 5.91 Å². The smallest absolute Gasteiger partial charge is 0.259 e. The number of pyridine rings is 1. The second kappa shape index (κ2) is 6.34. The van der Waals surface area contributed by atoms with E-state index in [4.69, 9.17) is 11.6 Å². The van der Waals surface area contributed by atoms with E-state index in [1.807, 2.05) is 31.0 Å². The molecule has 5 nitrogen and oxygen atoms in total. The van der Waals surface area contributed by atoms with Crippen molar-refractivity contribution < 1.29 is 9.59 Å². The Balaban J connectivity index is 1.83. The molecule has 1 unspecified atom stereocenters. The van der Waals surface area contributed by atoms with E-state index in [9.17, 15) is 9.59 Å². The minimum absolute atomic E-state index is 0.0384. The fraction of sp³-hybridized carbons (Fsp3) is 0.381.